The molecule has 2 N–H and O–H groups in total. The Morgan fingerprint density at radius 1 is 1.44 bits per heavy atom. The zero-order valence-corrected chi connectivity index (χ0v) is 11.9. The first-order valence-electron chi connectivity index (χ1n) is 6.29. The van der Waals surface area contributed by atoms with Crippen molar-refractivity contribution in [2.45, 2.75) is 32.7 Å². The Morgan fingerprint density at radius 3 is 2.72 bits per heavy atom. The lowest BCUT2D eigenvalue weighted by Crippen LogP contribution is -2.50. The quantitative estimate of drug-likeness (QED) is 0.911. The van der Waals surface area contributed by atoms with Gasteiger partial charge in [0, 0.05) is 0 Å². The molecule has 18 heavy (non-hydrogen) atoms. The molecule has 1 heterocycles. The number of hydrogen-bond donors (Lipinski definition) is 1. The van der Waals surface area contributed by atoms with Crippen molar-refractivity contribution in [1.29, 1.82) is 0 Å². The van der Waals surface area contributed by atoms with Gasteiger partial charge in [-0.15, -0.1) is 0 Å². The van der Waals surface area contributed by atoms with Crippen LogP contribution in [-0.2, 0) is 0 Å². The average molecular weight is 266 g/mol. The van der Waals surface area contributed by atoms with E-state index in [4.69, 9.17) is 17.3 Å². The molecule has 4 heteroatoms. The number of hydrogen-bond acceptors (Lipinski definition) is 3. The summed E-state index contributed by atoms with van der Waals surface area (Å²) in [6.07, 6.45) is 1.03. The number of nitrogens with zero attached hydrogens (tertiary/aromatic N) is 2. The molecule has 98 valence electrons. The highest BCUT2D eigenvalue weighted by Gasteiger charge is 2.40. The maximum atomic E-state index is 6.28. The van der Waals surface area contributed by atoms with Crippen LogP contribution in [0.5, 0.6) is 0 Å². The van der Waals surface area contributed by atoms with Gasteiger partial charge in [0.15, 0.2) is 5.96 Å². The van der Waals surface area contributed by atoms with Crippen molar-refractivity contribution in [3.05, 3.63) is 29.3 Å². The number of halogens is 1. The lowest BCUT2D eigenvalue weighted by atomic mass is 9.89. The molecule has 0 saturated carbocycles. The fourth-order valence-corrected chi connectivity index (χ4v) is 2.97. The summed E-state index contributed by atoms with van der Waals surface area (Å²) in [6, 6.07) is 7.78. The van der Waals surface area contributed by atoms with Crippen LogP contribution in [0.3, 0.4) is 0 Å². The lowest BCUT2D eigenvalue weighted by molar-refractivity contribution is 0.392. The Labute approximate surface area is 114 Å². The van der Waals surface area contributed by atoms with E-state index in [-0.39, 0.29) is 5.54 Å². The molecule has 1 aliphatic heterocycles. The Hall–Kier alpha value is -1.22. The number of nitrogens with two attached hydrogens (primary N) is 1. The third kappa shape index (κ3) is 2.32. The minimum Gasteiger partial charge on any atom is -0.369 e. The highest BCUT2D eigenvalue weighted by molar-refractivity contribution is 6.34. The third-order valence-corrected chi connectivity index (χ3v) is 3.61. The summed E-state index contributed by atoms with van der Waals surface area (Å²) in [5.74, 6) is 1.15. The highest BCUT2D eigenvalue weighted by atomic mass is 35.5. The van der Waals surface area contributed by atoms with Gasteiger partial charge in [-0.1, -0.05) is 37.6 Å². The van der Waals surface area contributed by atoms with Crippen molar-refractivity contribution in [3.63, 3.8) is 0 Å². The van der Waals surface area contributed by atoms with Gasteiger partial charge in [0.05, 0.1) is 22.8 Å². The summed E-state index contributed by atoms with van der Waals surface area (Å²) in [4.78, 5) is 6.48. The van der Waals surface area contributed by atoms with Crippen molar-refractivity contribution >= 4 is 23.2 Å². The second-order valence-electron chi connectivity index (χ2n) is 5.56. The summed E-state index contributed by atoms with van der Waals surface area (Å²) in [7, 11) is 0. The van der Waals surface area contributed by atoms with Gasteiger partial charge in [-0.05, 0) is 31.4 Å². The smallest absolute Gasteiger partial charge is 0.196 e. The second kappa shape index (κ2) is 4.81. The van der Waals surface area contributed by atoms with E-state index in [1.807, 2.05) is 24.3 Å². The number of para-hydroxylation sites is 1. The van der Waals surface area contributed by atoms with Crippen LogP contribution in [0.2, 0.25) is 5.02 Å². The SMILES string of the molecule is CC(C)CC1(C)CN=C(N)N1c1ccccc1Cl. The molecule has 0 aliphatic carbocycles. The van der Waals surface area contributed by atoms with Crippen LogP contribution in [0.1, 0.15) is 27.2 Å². The molecule has 3 nitrogen and oxygen atoms in total. The van der Waals surface area contributed by atoms with Gasteiger partial charge in [0.25, 0.3) is 0 Å². The van der Waals surface area contributed by atoms with E-state index >= 15 is 0 Å². The number of anilines is 1. The molecule has 0 saturated heterocycles. The molecule has 0 aromatic heterocycles. The first-order chi connectivity index (χ1) is 8.44. The van der Waals surface area contributed by atoms with Gasteiger partial charge in [-0.3, -0.25) is 4.99 Å². The standard InChI is InChI=1S/C14H20ClN3/c1-10(2)8-14(3)9-17-13(16)18(14)12-7-5-4-6-11(12)15/h4-7,10H,8-9H2,1-3H3,(H2,16,17). The molecule has 1 unspecified atom stereocenters. The van der Waals surface area contributed by atoms with E-state index in [0.717, 1.165) is 18.7 Å². The fourth-order valence-electron chi connectivity index (χ4n) is 2.75. The van der Waals surface area contributed by atoms with E-state index in [2.05, 4.69) is 30.7 Å². The Morgan fingerprint density at radius 2 is 2.11 bits per heavy atom. The van der Waals surface area contributed by atoms with Crippen LogP contribution in [0.4, 0.5) is 5.69 Å². The first-order valence-corrected chi connectivity index (χ1v) is 6.66. The third-order valence-electron chi connectivity index (χ3n) is 3.29. The minimum atomic E-state index is -0.0801. The van der Waals surface area contributed by atoms with Crippen molar-refractivity contribution in [1.82, 2.24) is 0 Å². The topological polar surface area (TPSA) is 41.6 Å². The van der Waals surface area contributed by atoms with Gasteiger partial charge < -0.3 is 10.6 Å². The second-order valence-corrected chi connectivity index (χ2v) is 5.96. The summed E-state index contributed by atoms with van der Waals surface area (Å²) in [5.41, 5.74) is 6.91. The van der Waals surface area contributed by atoms with Crippen LogP contribution >= 0.6 is 11.6 Å². The Kier molecular flexibility index (Phi) is 3.53. The molecular weight excluding hydrogens is 246 g/mol. The van der Waals surface area contributed by atoms with Crippen molar-refractivity contribution in [2.24, 2.45) is 16.6 Å². The Balaban J connectivity index is 2.39. The molecule has 2 rings (SSSR count). The number of rotatable bonds is 3. The minimum absolute atomic E-state index is 0.0801. The van der Waals surface area contributed by atoms with Gasteiger partial charge in [0.2, 0.25) is 0 Å². The molecule has 1 atom stereocenters. The Bertz CT molecular complexity index is 470. The maximum Gasteiger partial charge on any atom is 0.196 e. The van der Waals surface area contributed by atoms with Gasteiger partial charge >= 0.3 is 0 Å². The summed E-state index contributed by atoms with van der Waals surface area (Å²) >= 11 is 6.28. The predicted molar refractivity (Wildman–Crippen MR) is 78.3 cm³/mol. The molecule has 1 aromatic rings. The van der Waals surface area contributed by atoms with E-state index < -0.39 is 0 Å². The first kappa shape index (κ1) is 13.2. The van der Waals surface area contributed by atoms with E-state index in [1.54, 1.807) is 0 Å². The summed E-state index contributed by atoms with van der Waals surface area (Å²) < 4.78 is 0. The molecular formula is C14H20ClN3. The largest absolute Gasteiger partial charge is 0.369 e. The van der Waals surface area contributed by atoms with Crippen LogP contribution in [-0.4, -0.2) is 18.0 Å². The number of aliphatic imine (C=N–C) groups is 1. The monoisotopic (exact) mass is 265 g/mol. The van der Waals surface area contributed by atoms with Crippen LogP contribution in [0.25, 0.3) is 0 Å². The van der Waals surface area contributed by atoms with Gasteiger partial charge in [-0.25, -0.2) is 0 Å². The maximum absolute atomic E-state index is 6.28. The molecule has 0 bridgehead atoms. The van der Waals surface area contributed by atoms with Gasteiger partial charge in [-0.2, -0.15) is 0 Å². The molecule has 0 spiro atoms. The van der Waals surface area contributed by atoms with Crippen molar-refractivity contribution in [2.75, 3.05) is 11.4 Å². The predicted octanol–water partition coefficient (Wildman–Crippen LogP) is 3.28. The number of benzene rings is 1. The highest BCUT2D eigenvalue weighted by Crippen LogP contribution is 2.36. The average Bonchev–Trinajstić information content (AvgIpc) is 2.55. The molecule has 1 aliphatic rings. The fraction of sp³-hybridized carbons (Fsp3) is 0.500. The van der Waals surface area contributed by atoms with Crippen LogP contribution in [0.15, 0.2) is 29.3 Å². The van der Waals surface area contributed by atoms with E-state index in [1.165, 1.54) is 0 Å². The van der Waals surface area contributed by atoms with Crippen LogP contribution in [0, 0.1) is 5.92 Å². The molecule has 1 aromatic carbocycles. The normalized spacial score (nSPS) is 23.6. The zero-order chi connectivity index (χ0) is 13.3. The molecule has 0 fully saturated rings. The van der Waals surface area contributed by atoms with Gasteiger partial charge in [0.1, 0.15) is 0 Å². The summed E-state index contributed by atoms with van der Waals surface area (Å²) in [6.45, 7) is 7.34. The van der Waals surface area contributed by atoms with E-state index in [0.29, 0.717) is 16.9 Å². The zero-order valence-electron chi connectivity index (χ0n) is 11.2. The van der Waals surface area contributed by atoms with Crippen molar-refractivity contribution in [3.8, 4) is 0 Å². The molecule has 0 radical (unpaired) electrons. The van der Waals surface area contributed by atoms with Crippen molar-refractivity contribution < 1.29 is 0 Å². The molecule has 0 amide bonds. The number of guanidine groups is 1. The summed E-state index contributed by atoms with van der Waals surface area (Å²) in [5, 5.41) is 0.715. The lowest BCUT2D eigenvalue weighted by Gasteiger charge is -2.37. The van der Waals surface area contributed by atoms with Crippen LogP contribution < -0.4 is 10.6 Å². The van der Waals surface area contributed by atoms with E-state index in [9.17, 15) is 0 Å².